The molecule has 0 unspecified atom stereocenters. The standard InChI is InChI=1S/C27H29FN4O3/c1-16-4-5-19(12-17(16)2)29-27(35)22-15-32(20-6-7-20)24-14-25(23(28)13-21(24)26(22)34)31-10-8-30(9-11-31)18(3)33/h4-5,12-15,20H,6-11H2,1-3H3,(H,29,35). The number of piperazine rings is 1. The minimum atomic E-state index is -0.501. The zero-order valence-electron chi connectivity index (χ0n) is 20.2. The summed E-state index contributed by atoms with van der Waals surface area (Å²) in [5, 5.41) is 3.02. The second kappa shape index (κ2) is 8.83. The third-order valence-corrected chi connectivity index (χ3v) is 7.12. The third-order valence-electron chi connectivity index (χ3n) is 7.12. The summed E-state index contributed by atoms with van der Waals surface area (Å²) < 4.78 is 17.2. The van der Waals surface area contributed by atoms with E-state index in [-0.39, 0.29) is 22.9 Å². The molecular weight excluding hydrogens is 447 g/mol. The lowest BCUT2D eigenvalue weighted by molar-refractivity contribution is -0.129. The fourth-order valence-corrected chi connectivity index (χ4v) is 4.70. The van der Waals surface area contributed by atoms with Gasteiger partial charge in [-0.05, 0) is 62.1 Å². The summed E-state index contributed by atoms with van der Waals surface area (Å²) in [6, 6.07) is 8.75. The molecule has 1 aliphatic carbocycles. The third kappa shape index (κ3) is 4.40. The van der Waals surface area contributed by atoms with E-state index in [9.17, 15) is 14.4 Å². The van der Waals surface area contributed by atoms with Crippen molar-refractivity contribution in [2.45, 2.75) is 39.7 Å². The Kier molecular flexibility index (Phi) is 5.83. The van der Waals surface area contributed by atoms with Crippen molar-refractivity contribution in [3.63, 3.8) is 0 Å². The Morgan fingerprint density at radius 3 is 2.34 bits per heavy atom. The summed E-state index contributed by atoms with van der Waals surface area (Å²) in [6.07, 6.45) is 3.51. The summed E-state index contributed by atoms with van der Waals surface area (Å²) in [6.45, 7) is 7.58. The molecule has 0 bridgehead atoms. The molecule has 1 saturated heterocycles. The molecule has 2 amide bonds. The SMILES string of the molecule is CC(=O)N1CCN(c2cc3c(cc2F)c(=O)c(C(=O)Nc2ccc(C)c(C)c2)cn3C2CC2)CC1. The number of pyridine rings is 1. The number of anilines is 2. The Morgan fingerprint density at radius 1 is 1.00 bits per heavy atom. The van der Waals surface area contributed by atoms with Crippen LogP contribution in [-0.4, -0.2) is 47.5 Å². The largest absolute Gasteiger partial charge is 0.366 e. The fourth-order valence-electron chi connectivity index (χ4n) is 4.70. The van der Waals surface area contributed by atoms with Gasteiger partial charge in [0.2, 0.25) is 11.3 Å². The highest BCUT2D eigenvalue weighted by Crippen LogP contribution is 2.38. The molecule has 7 nitrogen and oxygen atoms in total. The highest BCUT2D eigenvalue weighted by atomic mass is 19.1. The van der Waals surface area contributed by atoms with Crippen molar-refractivity contribution >= 4 is 34.1 Å². The van der Waals surface area contributed by atoms with Gasteiger partial charge in [0.05, 0.1) is 11.2 Å². The number of hydrogen-bond acceptors (Lipinski definition) is 4. The summed E-state index contributed by atoms with van der Waals surface area (Å²) in [5.74, 6) is -0.989. The molecule has 1 aromatic heterocycles. The maximum atomic E-state index is 15.3. The minimum Gasteiger partial charge on any atom is -0.366 e. The molecule has 5 rings (SSSR count). The number of nitrogens with one attached hydrogen (secondary N) is 1. The van der Waals surface area contributed by atoms with Crippen LogP contribution in [0.5, 0.6) is 0 Å². The van der Waals surface area contributed by atoms with Crippen molar-refractivity contribution in [3.8, 4) is 0 Å². The van der Waals surface area contributed by atoms with Crippen LogP contribution in [0, 0.1) is 19.7 Å². The van der Waals surface area contributed by atoms with Gasteiger partial charge in [0.25, 0.3) is 5.91 Å². The van der Waals surface area contributed by atoms with E-state index in [1.165, 1.54) is 13.0 Å². The lowest BCUT2D eigenvalue weighted by Gasteiger charge is -2.36. The summed E-state index contributed by atoms with van der Waals surface area (Å²) >= 11 is 0. The van der Waals surface area contributed by atoms with Crippen LogP contribution >= 0.6 is 0 Å². The second-order valence-corrected chi connectivity index (χ2v) is 9.58. The van der Waals surface area contributed by atoms with E-state index in [0.29, 0.717) is 43.1 Å². The maximum absolute atomic E-state index is 15.3. The molecule has 0 atom stereocenters. The first-order valence-electron chi connectivity index (χ1n) is 12.0. The first-order valence-corrected chi connectivity index (χ1v) is 12.0. The Morgan fingerprint density at radius 2 is 1.71 bits per heavy atom. The van der Waals surface area contributed by atoms with Crippen LogP contribution in [0.2, 0.25) is 0 Å². The average Bonchev–Trinajstić information content (AvgIpc) is 3.67. The number of carbonyl (C=O) groups excluding carboxylic acids is 2. The number of aryl methyl sites for hydroxylation is 2. The van der Waals surface area contributed by atoms with Gasteiger partial charge < -0.3 is 19.7 Å². The highest BCUT2D eigenvalue weighted by molar-refractivity contribution is 6.06. The van der Waals surface area contributed by atoms with Gasteiger partial charge >= 0.3 is 0 Å². The Labute approximate surface area is 203 Å². The predicted molar refractivity (Wildman–Crippen MR) is 135 cm³/mol. The molecule has 0 radical (unpaired) electrons. The molecule has 3 aromatic rings. The Hall–Kier alpha value is -3.68. The first kappa shape index (κ1) is 23.1. The predicted octanol–water partition coefficient (Wildman–Crippen LogP) is 4.01. The number of carbonyl (C=O) groups is 2. The molecule has 1 N–H and O–H groups in total. The van der Waals surface area contributed by atoms with Gasteiger partial charge in [-0.3, -0.25) is 14.4 Å². The molecule has 1 aliphatic heterocycles. The number of rotatable bonds is 4. The van der Waals surface area contributed by atoms with Gasteiger partial charge in [0.15, 0.2) is 0 Å². The monoisotopic (exact) mass is 476 g/mol. The summed E-state index contributed by atoms with van der Waals surface area (Å²) in [5.41, 5.74) is 3.33. The van der Waals surface area contributed by atoms with Crippen LogP contribution in [0.4, 0.5) is 15.8 Å². The molecule has 35 heavy (non-hydrogen) atoms. The molecule has 2 fully saturated rings. The van der Waals surface area contributed by atoms with Crippen LogP contribution in [-0.2, 0) is 4.79 Å². The Balaban J connectivity index is 1.52. The van der Waals surface area contributed by atoms with E-state index in [1.807, 2.05) is 35.4 Å². The first-order chi connectivity index (χ1) is 16.7. The highest BCUT2D eigenvalue weighted by Gasteiger charge is 2.29. The quantitative estimate of drug-likeness (QED) is 0.618. The van der Waals surface area contributed by atoms with Gasteiger partial charge in [-0.15, -0.1) is 0 Å². The lowest BCUT2D eigenvalue weighted by atomic mass is 10.1. The zero-order chi connectivity index (χ0) is 24.9. The number of nitrogens with zero attached hydrogens (tertiary/aromatic N) is 3. The molecule has 1 saturated carbocycles. The van der Waals surface area contributed by atoms with Crippen LogP contribution in [0.25, 0.3) is 10.9 Å². The van der Waals surface area contributed by atoms with Crippen LogP contribution in [0.1, 0.15) is 47.3 Å². The smallest absolute Gasteiger partial charge is 0.261 e. The average molecular weight is 477 g/mol. The van der Waals surface area contributed by atoms with Crippen molar-refractivity contribution in [2.75, 3.05) is 36.4 Å². The number of fused-ring (bicyclic) bond motifs is 1. The minimum absolute atomic E-state index is 0.00449. The molecule has 182 valence electrons. The van der Waals surface area contributed by atoms with Crippen molar-refractivity contribution in [2.24, 2.45) is 0 Å². The molecule has 2 heterocycles. The van der Waals surface area contributed by atoms with Crippen LogP contribution < -0.4 is 15.6 Å². The van der Waals surface area contributed by atoms with Gasteiger partial charge in [-0.25, -0.2) is 4.39 Å². The number of amides is 2. The van der Waals surface area contributed by atoms with E-state index in [0.717, 1.165) is 24.0 Å². The van der Waals surface area contributed by atoms with Gasteiger partial charge in [0, 0.05) is 56.4 Å². The Bertz CT molecular complexity index is 1400. The molecule has 8 heteroatoms. The maximum Gasteiger partial charge on any atom is 0.261 e. The number of aromatic nitrogens is 1. The fraction of sp³-hybridized carbons (Fsp3) is 0.370. The van der Waals surface area contributed by atoms with E-state index >= 15 is 4.39 Å². The topological polar surface area (TPSA) is 74.7 Å². The van der Waals surface area contributed by atoms with Crippen molar-refractivity contribution < 1.29 is 14.0 Å². The van der Waals surface area contributed by atoms with Crippen LogP contribution in [0.3, 0.4) is 0 Å². The van der Waals surface area contributed by atoms with E-state index in [4.69, 9.17) is 0 Å². The molecule has 2 aliphatic rings. The van der Waals surface area contributed by atoms with Crippen molar-refractivity contribution in [1.82, 2.24) is 9.47 Å². The van der Waals surface area contributed by atoms with E-state index < -0.39 is 17.2 Å². The summed E-state index contributed by atoms with van der Waals surface area (Å²) in [7, 11) is 0. The van der Waals surface area contributed by atoms with Gasteiger partial charge in [-0.1, -0.05) is 6.07 Å². The number of benzene rings is 2. The lowest BCUT2D eigenvalue weighted by Crippen LogP contribution is -2.48. The van der Waals surface area contributed by atoms with Crippen molar-refractivity contribution in [1.29, 1.82) is 0 Å². The van der Waals surface area contributed by atoms with E-state index in [1.54, 1.807) is 23.2 Å². The second-order valence-electron chi connectivity index (χ2n) is 9.58. The van der Waals surface area contributed by atoms with Gasteiger partial charge in [0.1, 0.15) is 11.4 Å². The number of halogens is 1. The molecular formula is C27H29FN4O3. The van der Waals surface area contributed by atoms with E-state index in [2.05, 4.69) is 5.32 Å². The summed E-state index contributed by atoms with van der Waals surface area (Å²) in [4.78, 5) is 41.7. The van der Waals surface area contributed by atoms with Crippen molar-refractivity contribution in [3.05, 3.63) is 69.3 Å². The normalized spacial score (nSPS) is 16.0. The molecule has 2 aromatic carbocycles. The zero-order valence-corrected chi connectivity index (χ0v) is 20.2. The number of hydrogen-bond donors (Lipinski definition) is 1. The van der Waals surface area contributed by atoms with Gasteiger partial charge in [-0.2, -0.15) is 0 Å². The van der Waals surface area contributed by atoms with Crippen LogP contribution in [0.15, 0.2) is 41.3 Å². The molecule has 0 spiro atoms.